The van der Waals surface area contributed by atoms with Gasteiger partial charge in [0.1, 0.15) is 0 Å². The van der Waals surface area contributed by atoms with E-state index in [9.17, 15) is 5.11 Å². The molecule has 1 aliphatic rings. The SMILES string of the molecule is [O]c1ccc2c(c1)CCC2. The Bertz CT molecular complexity index is 253. The summed E-state index contributed by atoms with van der Waals surface area (Å²) in [6.45, 7) is 0. The maximum Gasteiger partial charge on any atom is 0.178 e. The lowest BCUT2D eigenvalue weighted by molar-refractivity contribution is 0.354. The molecule has 51 valence electrons. The Morgan fingerprint density at radius 3 is 2.80 bits per heavy atom. The Morgan fingerprint density at radius 1 is 1.10 bits per heavy atom. The second-order valence-electron chi connectivity index (χ2n) is 2.78. The smallest absolute Gasteiger partial charge is 0.178 e. The van der Waals surface area contributed by atoms with Crippen molar-refractivity contribution in [3.05, 3.63) is 29.3 Å². The van der Waals surface area contributed by atoms with Gasteiger partial charge in [-0.15, -0.1) is 0 Å². The van der Waals surface area contributed by atoms with Crippen molar-refractivity contribution in [3.8, 4) is 5.75 Å². The van der Waals surface area contributed by atoms with Crippen LogP contribution in [0.15, 0.2) is 18.2 Å². The number of hydrogen-bond donors (Lipinski definition) is 0. The molecule has 1 nitrogen and oxygen atoms in total. The van der Waals surface area contributed by atoms with E-state index in [2.05, 4.69) is 0 Å². The quantitative estimate of drug-likeness (QED) is 0.517. The minimum atomic E-state index is 0.153. The van der Waals surface area contributed by atoms with Crippen LogP contribution in [0.2, 0.25) is 0 Å². The van der Waals surface area contributed by atoms with E-state index in [1.165, 1.54) is 17.5 Å². The zero-order valence-electron chi connectivity index (χ0n) is 5.76. The van der Waals surface area contributed by atoms with Crippen LogP contribution in [0.5, 0.6) is 5.75 Å². The van der Waals surface area contributed by atoms with E-state index in [0.717, 1.165) is 12.8 Å². The molecular formula is C9H9O. The Morgan fingerprint density at radius 2 is 1.90 bits per heavy atom. The van der Waals surface area contributed by atoms with Crippen molar-refractivity contribution in [1.82, 2.24) is 0 Å². The van der Waals surface area contributed by atoms with E-state index in [-0.39, 0.29) is 5.75 Å². The Kier molecular flexibility index (Phi) is 1.16. The second-order valence-corrected chi connectivity index (χ2v) is 2.78. The van der Waals surface area contributed by atoms with Gasteiger partial charge in [0.2, 0.25) is 0 Å². The molecule has 1 heteroatoms. The fourth-order valence-electron chi connectivity index (χ4n) is 1.55. The normalized spacial score (nSPS) is 15.2. The molecule has 0 fully saturated rings. The van der Waals surface area contributed by atoms with Gasteiger partial charge in [-0.05, 0) is 42.5 Å². The molecule has 1 aliphatic carbocycles. The van der Waals surface area contributed by atoms with Crippen LogP contribution in [0.4, 0.5) is 0 Å². The van der Waals surface area contributed by atoms with Crippen molar-refractivity contribution in [2.45, 2.75) is 19.3 Å². The molecule has 0 amide bonds. The third-order valence-electron chi connectivity index (χ3n) is 2.07. The monoisotopic (exact) mass is 133 g/mol. The molecule has 0 spiro atoms. The van der Waals surface area contributed by atoms with Gasteiger partial charge in [0.15, 0.2) is 5.75 Å². The van der Waals surface area contributed by atoms with Crippen LogP contribution in [0.1, 0.15) is 17.5 Å². The predicted molar refractivity (Wildman–Crippen MR) is 38.6 cm³/mol. The van der Waals surface area contributed by atoms with Crippen molar-refractivity contribution in [2.75, 3.05) is 0 Å². The number of rotatable bonds is 0. The van der Waals surface area contributed by atoms with E-state index in [1.807, 2.05) is 6.07 Å². The number of aryl methyl sites for hydroxylation is 2. The van der Waals surface area contributed by atoms with E-state index < -0.39 is 0 Å². The molecule has 0 N–H and O–H groups in total. The molecule has 0 saturated carbocycles. The van der Waals surface area contributed by atoms with Gasteiger partial charge in [-0.2, -0.15) is 0 Å². The van der Waals surface area contributed by atoms with Crippen LogP contribution in [0, 0.1) is 0 Å². The summed E-state index contributed by atoms with van der Waals surface area (Å²) in [5, 5.41) is 10.8. The lowest BCUT2D eigenvalue weighted by Gasteiger charge is -1.95. The Balaban J connectivity index is 2.52. The summed E-state index contributed by atoms with van der Waals surface area (Å²) in [5.41, 5.74) is 2.65. The van der Waals surface area contributed by atoms with E-state index in [4.69, 9.17) is 0 Å². The highest BCUT2D eigenvalue weighted by molar-refractivity contribution is 5.37. The van der Waals surface area contributed by atoms with Gasteiger partial charge >= 0.3 is 0 Å². The van der Waals surface area contributed by atoms with E-state index >= 15 is 0 Å². The first-order valence-electron chi connectivity index (χ1n) is 3.65. The highest BCUT2D eigenvalue weighted by Gasteiger charge is 2.10. The first-order valence-corrected chi connectivity index (χ1v) is 3.65. The molecule has 1 aromatic carbocycles. The number of fused-ring (bicyclic) bond motifs is 1. The Hall–Kier alpha value is -0.980. The van der Waals surface area contributed by atoms with E-state index in [0.29, 0.717) is 0 Å². The molecule has 0 atom stereocenters. The minimum Gasteiger partial charge on any atom is -0.290 e. The second kappa shape index (κ2) is 2.01. The zero-order valence-corrected chi connectivity index (χ0v) is 5.76. The molecule has 0 saturated heterocycles. The van der Waals surface area contributed by atoms with Gasteiger partial charge in [-0.1, -0.05) is 6.07 Å². The standard InChI is InChI=1S/C9H9O/c10-9-5-4-7-2-1-3-8(7)6-9/h4-6H,1-3H2. The van der Waals surface area contributed by atoms with Crippen LogP contribution in [-0.2, 0) is 17.9 Å². The first kappa shape index (κ1) is 5.78. The van der Waals surface area contributed by atoms with Gasteiger partial charge in [0.05, 0.1) is 0 Å². The van der Waals surface area contributed by atoms with Gasteiger partial charge in [-0.25, -0.2) is 0 Å². The van der Waals surface area contributed by atoms with Gasteiger partial charge < -0.3 is 0 Å². The average molecular weight is 133 g/mol. The predicted octanol–water partition coefficient (Wildman–Crippen LogP) is 2.32. The van der Waals surface area contributed by atoms with Crippen molar-refractivity contribution in [2.24, 2.45) is 0 Å². The van der Waals surface area contributed by atoms with Crippen molar-refractivity contribution in [1.29, 1.82) is 0 Å². The lowest BCUT2D eigenvalue weighted by atomic mass is 10.1. The third-order valence-corrected chi connectivity index (χ3v) is 2.07. The number of hydrogen-bond acceptors (Lipinski definition) is 0. The summed E-state index contributed by atoms with van der Waals surface area (Å²) in [5.74, 6) is 0.153. The van der Waals surface area contributed by atoms with Crippen LogP contribution >= 0.6 is 0 Å². The van der Waals surface area contributed by atoms with Crippen LogP contribution < -0.4 is 0 Å². The summed E-state index contributed by atoms with van der Waals surface area (Å²) >= 11 is 0. The third kappa shape index (κ3) is 0.783. The maximum atomic E-state index is 10.8. The Labute approximate surface area is 60.3 Å². The van der Waals surface area contributed by atoms with Crippen LogP contribution in [-0.4, -0.2) is 0 Å². The summed E-state index contributed by atoms with van der Waals surface area (Å²) in [4.78, 5) is 0. The van der Waals surface area contributed by atoms with Crippen molar-refractivity contribution >= 4 is 0 Å². The molecule has 0 unspecified atom stereocenters. The maximum absolute atomic E-state index is 10.8. The molecule has 2 rings (SSSR count). The lowest BCUT2D eigenvalue weighted by Crippen LogP contribution is -1.78. The zero-order chi connectivity index (χ0) is 6.97. The molecule has 0 bridgehead atoms. The van der Waals surface area contributed by atoms with Crippen molar-refractivity contribution < 1.29 is 5.11 Å². The summed E-state index contributed by atoms with van der Waals surface area (Å²) in [7, 11) is 0. The number of benzene rings is 1. The van der Waals surface area contributed by atoms with E-state index in [1.54, 1.807) is 12.1 Å². The fourth-order valence-corrected chi connectivity index (χ4v) is 1.55. The van der Waals surface area contributed by atoms with Gasteiger partial charge in [-0.3, -0.25) is 5.11 Å². The highest BCUT2D eigenvalue weighted by atomic mass is 16.3. The topological polar surface area (TPSA) is 19.9 Å². The molecule has 10 heavy (non-hydrogen) atoms. The van der Waals surface area contributed by atoms with Crippen LogP contribution in [0.3, 0.4) is 0 Å². The van der Waals surface area contributed by atoms with Gasteiger partial charge in [0.25, 0.3) is 0 Å². The first-order chi connectivity index (χ1) is 4.86. The van der Waals surface area contributed by atoms with Crippen molar-refractivity contribution in [3.63, 3.8) is 0 Å². The highest BCUT2D eigenvalue weighted by Crippen LogP contribution is 2.25. The molecule has 0 aromatic heterocycles. The fraction of sp³-hybridized carbons (Fsp3) is 0.333. The largest absolute Gasteiger partial charge is 0.290 e. The molecule has 0 heterocycles. The molecule has 0 aliphatic heterocycles. The minimum absolute atomic E-state index is 0.153. The summed E-state index contributed by atoms with van der Waals surface area (Å²) in [6.07, 6.45) is 3.49. The average Bonchev–Trinajstić information content (AvgIpc) is 2.33. The molecular weight excluding hydrogens is 124 g/mol. The molecule has 1 radical (unpaired) electrons. The molecule has 1 aromatic rings. The summed E-state index contributed by atoms with van der Waals surface area (Å²) < 4.78 is 0. The summed E-state index contributed by atoms with van der Waals surface area (Å²) in [6, 6.07) is 5.39. The van der Waals surface area contributed by atoms with Crippen LogP contribution in [0.25, 0.3) is 0 Å². The van der Waals surface area contributed by atoms with Gasteiger partial charge in [0, 0.05) is 0 Å².